The van der Waals surface area contributed by atoms with Crippen LogP contribution < -0.4 is 16.0 Å². The second-order valence-corrected chi connectivity index (χ2v) is 4.23. The molecular weight excluding hydrogens is 212 g/mol. The molecule has 0 bridgehead atoms. The normalized spacial score (nSPS) is 12.2. The molecule has 3 N–H and O–H groups in total. The lowest BCUT2D eigenvalue weighted by molar-refractivity contribution is 0.413. The molecule has 0 heterocycles. The number of hydrazine groups is 1. The average molecular weight is 234 g/mol. The molecule has 1 atom stereocenters. The van der Waals surface area contributed by atoms with Crippen LogP contribution in [0.5, 0.6) is 5.75 Å². The van der Waals surface area contributed by atoms with Crippen LogP contribution in [0.1, 0.15) is 25.3 Å². The first kappa shape index (κ1) is 13.7. The second kappa shape index (κ2) is 7.09. The van der Waals surface area contributed by atoms with Gasteiger partial charge < -0.3 is 4.74 Å². The molecule has 0 radical (unpaired) electrons. The zero-order valence-corrected chi connectivity index (χ0v) is 10.7. The van der Waals surface area contributed by atoms with E-state index in [1.165, 1.54) is 11.1 Å². The fourth-order valence-corrected chi connectivity index (χ4v) is 1.77. The number of hydrogen-bond acceptors (Lipinski definition) is 3. The smallest absolute Gasteiger partial charge is 0.119 e. The van der Waals surface area contributed by atoms with Crippen LogP contribution in [0.2, 0.25) is 0 Å². The third kappa shape index (κ3) is 4.59. The van der Waals surface area contributed by atoms with Crippen molar-refractivity contribution in [1.29, 1.82) is 0 Å². The molecule has 0 spiro atoms. The van der Waals surface area contributed by atoms with Gasteiger partial charge in [0.25, 0.3) is 0 Å². The molecule has 0 amide bonds. The summed E-state index contributed by atoms with van der Waals surface area (Å²) in [5.41, 5.74) is 5.29. The van der Waals surface area contributed by atoms with E-state index in [-0.39, 0.29) is 6.04 Å². The monoisotopic (exact) mass is 234 g/mol. The van der Waals surface area contributed by atoms with E-state index in [1.54, 1.807) is 7.11 Å². The summed E-state index contributed by atoms with van der Waals surface area (Å²) in [7, 11) is 1.68. The summed E-state index contributed by atoms with van der Waals surface area (Å²) in [5.74, 6) is 6.45. The van der Waals surface area contributed by atoms with E-state index in [2.05, 4.69) is 25.0 Å². The van der Waals surface area contributed by atoms with Crippen molar-refractivity contribution in [3.63, 3.8) is 0 Å². The van der Waals surface area contributed by atoms with Crippen molar-refractivity contribution in [1.82, 2.24) is 5.43 Å². The largest absolute Gasteiger partial charge is 0.497 e. The number of rotatable bonds is 7. The van der Waals surface area contributed by atoms with Gasteiger partial charge >= 0.3 is 0 Å². The number of hydrogen-bond donors (Lipinski definition) is 2. The van der Waals surface area contributed by atoms with Crippen molar-refractivity contribution >= 4 is 0 Å². The quantitative estimate of drug-likeness (QED) is 0.433. The Morgan fingerprint density at radius 2 is 2.29 bits per heavy atom. The summed E-state index contributed by atoms with van der Waals surface area (Å²) in [6, 6.07) is 8.30. The molecule has 0 saturated heterocycles. The highest BCUT2D eigenvalue weighted by Gasteiger charge is 2.09. The summed E-state index contributed by atoms with van der Waals surface area (Å²) < 4.78 is 5.20. The van der Waals surface area contributed by atoms with Gasteiger partial charge in [0.15, 0.2) is 0 Å². The summed E-state index contributed by atoms with van der Waals surface area (Å²) in [4.78, 5) is 0. The number of nitrogens with one attached hydrogen (secondary N) is 1. The van der Waals surface area contributed by atoms with Crippen LogP contribution in [0.4, 0.5) is 0 Å². The van der Waals surface area contributed by atoms with Gasteiger partial charge in [-0.1, -0.05) is 31.2 Å². The highest BCUT2D eigenvalue weighted by atomic mass is 16.5. The molecule has 0 fully saturated rings. The lowest BCUT2D eigenvalue weighted by Gasteiger charge is -2.17. The Morgan fingerprint density at radius 3 is 2.88 bits per heavy atom. The molecule has 0 aliphatic heterocycles. The van der Waals surface area contributed by atoms with E-state index < -0.39 is 0 Å². The Kier molecular flexibility index (Phi) is 5.73. The molecule has 0 aliphatic carbocycles. The summed E-state index contributed by atoms with van der Waals surface area (Å²) >= 11 is 0. The van der Waals surface area contributed by atoms with Gasteiger partial charge in [0.2, 0.25) is 0 Å². The maximum atomic E-state index is 5.57. The van der Waals surface area contributed by atoms with E-state index in [9.17, 15) is 0 Å². The van der Waals surface area contributed by atoms with Gasteiger partial charge in [-0.05, 0) is 37.0 Å². The Bertz CT molecular complexity index is 363. The van der Waals surface area contributed by atoms with Gasteiger partial charge in [0.1, 0.15) is 5.75 Å². The van der Waals surface area contributed by atoms with E-state index in [4.69, 9.17) is 10.6 Å². The van der Waals surface area contributed by atoms with Crippen LogP contribution in [0, 0.1) is 0 Å². The van der Waals surface area contributed by atoms with Crippen LogP contribution in [-0.2, 0) is 6.42 Å². The lowest BCUT2D eigenvalue weighted by atomic mass is 9.99. The Balaban J connectivity index is 2.63. The molecule has 1 aromatic carbocycles. The second-order valence-electron chi connectivity index (χ2n) is 4.23. The van der Waals surface area contributed by atoms with Crippen LogP contribution in [0.3, 0.4) is 0 Å². The molecule has 3 heteroatoms. The third-order valence-corrected chi connectivity index (χ3v) is 2.89. The van der Waals surface area contributed by atoms with Crippen molar-refractivity contribution in [2.24, 2.45) is 5.84 Å². The predicted octanol–water partition coefficient (Wildman–Crippen LogP) is 2.43. The predicted molar refractivity (Wildman–Crippen MR) is 71.9 cm³/mol. The first-order chi connectivity index (χ1) is 8.19. The van der Waals surface area contributed by atoms with Gasteiger partial charge in [-0.3, -0.25) is 11.3 Å². The van der Waals surface area contributed by atoms with Gasteiger partial charge in [-0.15, -0.1) is 0 Å². The highest BCUT2D eigenvalue weighted by Crippen LogP contribution is 2.16. The molecule has 17 heavy (non-hydrogen) atoms. The molecule has 0 aliphatic rings. The zero-order chi connectivity index (χ0) is 12.7. The minimum Gasteiger partial charge on any atom is -0.497 e. The van der Waals surface area contributed by atoms with Crippen molar-refractivity contribution in [3.8, 4) is 5.75 Å². The fourth-order valence-electron chi connectivity index (χ4n) is 1.77. The molecule has 94 valence electrons. The summed E-state index contributed by atoms with van der Waals surface area (Å²) in [6.45, 7) is 6.13. The molecule has 1 aromatic rings. The number of methoxy groups -OCH3 is 1. The highest BCUT2D eigenvalue weighted by molar-refractivity contribution is 5.29. The van der Waals surface area contributed by atoms with E-state index >= 15 is 0 Å². The molecule has 1 rings (SSSR count). The molecule has 3 nitrogen and oxygen atoms in total. The Labute approximate surface area is 104 Å². The average Bonchev–Trinajstić information content (AvgIpc) is 2.37. The maximum absolute atomic E-state index is 5.57. The van der Waals surface area contributed by atoms with Crippen LogP contribution in [-0.4, -0.2) is 13.2 Å². The van der Waals surface area contributed by atoms with Crippen LogP contribution in [0.25, 0.3) is 0 Å². The van der Waals surface area contributed by atoms with Crippen LogP contribution in [0.15, 0.2) is 36.4 Å². The number of ether oxygens (including phenoxy) is 1. The Hall–Kier alpha value is -1.32. The van der Waals surface area contributed by atoms with Crippen molar-refractivity contribution in [2.75, 3.05) is 7.11 Å². The first-order valence-corrected chi connectivity index (χ1v) is 5.95. The minimum absolute atomic E-state index is 0.231. The standard InChI is InChI=1S/C14H22N2O/c1-4-11(2)8-13(16-15)9-12-6-5-7-14(10-12)17-3/h5-7,10,13,16H,2,4,8-9,15H2,1,3H3. The molecule has 0 aromatic heterocycles. The molecule has 0 saturated carbocycles. The fraction of sp³-hybridized carbons (Fsp3) is 0.429. The van der Waals surface area contributed by atoms with Gasteiger partial charge in [0, 0.05) is 6.04 Å². The maximum Gasteiger partial charge on any atom is 0.119 e. The zero-order valence-electron chi connectivity index (χ0n) is 10.7. The van der Waals surface area contributed by atoms with E-state index in [0.717, 1.165) is 25.0 Å². The van der Waals surface area contributed by atoms with Gasteiger partial charge in [-0.2, -0.15) is 0 Å². The molecular formula is C14H22N2O. The Morgan fingerprint density at radius 1 is 1.53 bits per heavy atom. The summed E-state index contributed by atoms with van der Waals surface area (Å²) in [6.07, 6.45) is 2.78. The van der Waals surface area contributed by atoms with E-state index in [0.29, 0.717) is 0 Å². The molecule has 1 unspecified atom stereocenters. The first-order valence-electron chi connectivity index (χ1n) is 5.95. The SMILES string of the molecule is C=C(CC)CC(Cc1cccc(OC)c1)NN. The van der Waals surface area contributed by atoms with Gasteiger partial charge in [-0.25, -0.2) is 0 Å². The van der Waals surface area contributed by atoms with Gasteiger partial charge in [0.05, 0.1) is 7.11 Å². The van der Waals surface area contributed by atoms with Crippen molar-refractivity contribution < 1.29 is 4.74 Å². The summed E-state index contributed by atoms with van der Waals surface area (Å²) in [5, 5.41) is 0. The van der Waals surface area contributed by atoms with Crippen LogP contribution >= 0.6 is 0 Å². The topological polar surface area (TPSA) is 47.3 Å². The lowest BCUT2D eigenvalue weighted by Crippen LogP contribution is -2.37. The van der Waals surface area contributed by atoms with Crippen molar-refractivity contribution in [2.45, 2.75) is 32.2 Å². The van der Waals surface area contributed by atoms with Crippen molar-refractivity contribution in [3.05, 3.63) is 42.0 Å². The minimum atomic E-state index is 0.231. The van der Waals surface area contributed by atoms with E-state index in [1.807, 2.05) is 18.2 Å². The number of benzene rings is 1. The third-order valence-electron chi connectivity index (χ3n) is 2.89. The number of nitrogens with two attached hydrogens (primary N) is 1.